The lowest BCUT2D eigenvalue weighted by Crippen LogP contribution is -2.06. The Bertz CT molecular complexity index is 528. The summed E-state index contributed by atoms with van der Waals surface area (Å²) >= 11 is 1.62. The third kappa shape index (κ3) is 2.51. The van der Waals surface area contributed by atoms with Crippen LogP contribution in [0.3, 0.4) is 0 Å². The van der Waals surface area contributed by atoms with E-state index in [0.29, 0.717) is 23.9 Å². The first-order chi connectivity index (χ1) is 8.76. The Balaban J connectivity index is 2.16. The van der Waals surface area contributed by atoms with Crippen molar-refractivity contribution < 1.29 is 4.74 Å². The number of ether oxygens (including phenoxy) is 1. The fourth-order valence-electron chi connectivity index (χ4n) is 1.53. The van der Waals surface area contributed by atoms with Gasteiger partial charge in [0, 0.05) is 11.9 Å². The predicted octanol–water partition coefficient (Wildman–Crippen LogP) is 1.90. The number of hydrogen-bond donors (Lipinski definition) is 2. The van der Waals surface area contributed by atoms with Gasteiger partial charge in [-0.2, -0.15) is 0 Å². The summed E-state index contributed by atoms with van der Waals surface area (Å²) in [4.78, 5) is 13.7. The van der Waals surface area contributed by atoms with Gasteiger partial charge >= 0.3 is 0 Å². The molecule has 0 atom stereocenters. The van der Waals surface area contributed by atoms with E-state index in [-0.39, 0.29) is 0 Å². The molecule has 2 N–H and O–H groups in total. The van der Waals surface area contributed by atoms with Crippen molar-refractivity contribution in [3.8, 4) is 5.75 Å². The molecule has 0 aliphatic heterocycles. The zero-order chi connectivity index (χ0) is 13.0. The van der Waals surface area contributed by atoms with E-state index in [1.807, 2.05) is 12.4 Å². The summed E-state index contributed by atoms with van der Waals surface area (Å²) in [6.07, 6.45) is 1.50. The van der Waals surface area contributed by atoms with Crippen LogP contribution in [0.25, 0.3) is 0 Å². The molecule has 0 unspecified atom stereocenters. The molecule has 2 heterocycles. The molecule has 0 radical (unpaired) electrons. The van der Waals surface area contributed by atoms with Crippen LogP contribution in [0.1, 0.15) is 10.6 Å². The van der Waals surface area contributed by atoms with Gasteiger partial charge in [0.15, 0.2) is 11.6 Å². The van der Waals surface area contributed by atoms with Crippen LogP contribution in [0.4, 0.5) is 11.6 Å². The zero-order valence-corrected chi connectivity index (χ0v) is 11.3. The molecule has 18 heavy (non-hydrogen) atoms. The number of nitrogens with zero attached hydrogens (tertiary/aromatic N) is 3. The second-order valence-electron chi connectivity index (χ2n) is 3.57. The molecule has 0 spiro atoms. The van der Waals surface area contributed by atoms with Crippen molar-refractivity contribution in [3.05, 3.63) is 22.4 Å². The number of aromatic nitrogens is 3. The summed E-state index contributed by atoms with van der Waals surface area (Å²) in [5.74, 6) is 1.95. The highest BCUT2D eigenvalue weighted by molar-refractivity contribution is 7.09. The third-order valence-corrected chi connectivity index (χ3v) is 3.44. The van der Waals surface area contributed by atoms with Crippen molar-refractivity contribution in [1.82, 2.24) is 15.0 Å². The van der Waals surface area contributed by atoms with Gasteiger partial charge in [0.1, 0.15) is 6.33 Å². The lowest BCUT2D eigenvalue weighted by atomic mass is 10.4. The largest absolute Gasteiger partial charge is 0.490 e. The summed E-state index contributed by atoms with van der Waals surface area (Å²) in [5.41, 5.74) is 2.87. The van der Waals surface area contributed by atoms with Crippen LogP contribution >= 0.6 is 11.3 Å². The first kappa shape index (κ1) is 12.6. The average molecular weight is 265 g/mol. The summed E-state index contributed by atoms with van der Waals surface area (Å²) in [6, 6.07) is 0. The van der Waals surface area contributed by atoms with Crippen LogP contribution in [0, 0.1) is 6.92 Å². The molecule has 0 aromatic carbocycles. The quantitative estimate of drug-likeness (QED) is 0.860. The van der Waals surface area contributed by atoms with Crippen LogP contribution in [0.15, 0.2) is 11.8 Å². The van der Waals surface area contributed by atoms with Gasteiger partial charge in [0.05, 0.1) is 24.9 Å². The normalized spacial score (nSPS) is 10.2. The van der Waals surface area contributed by atoms with E-state index in [1.54, 1.807) is 25.5 Å². The van der Waals surface area contributed by atoms with Gasteiger partial charge in [-0.25, -0.2) is 15.0 Å². The van der Waals surface area contributed by atoms with Crippen molar-refractivity contribution in [2.45, 2.75) is 13.5 Å². The topological polar surface area (TPSA) is 72.0 Å². The van der Waals surface area contributed by atoms with E-state index in [4.69, 9.17) is 4.74 Å². The second kappa shape index (κ2) is 5.63. The molecule has 2 aromatic heterocycles. The number of aryl methyl sites for hydroxylation is 1. The van der Waals surface area contributed by atoms with Crippen molar-refractivity contribution in [3.63, 3.8) is 0 Å². The zero-order valence-electron chi connectivity index (χ0n) is 10.5. The summed E-state index contributed by atoms with van der Waals surface area (Å²) in [7, 11) is 3.39. The lowest BCUT2D eigenvalue weighted by Gasteiger charge is -2.12. The van der Waals surface area contributed by atoms with Crippen molar-refractivity contribution in [2.75, 3.05) is 24.8 Å². The number of hydrogen-bond acceptors (Lipinski definition) is 7. The minimum absolute atomic E-state index is 0.613. The number of methoxy groups -OCH3 is 1. The standard InChI is InChI=1S/C11H15N5OS/c1-7-8(18-6-16-7)4-13-11-9(17-3)10(12-2)14-5-15-11/h5-6H,4H2,1-3H3,(H2,12,13,14,15). The monoisotopic (exact) mass is 265 g/mol. The maximum Gasteiger partial charge on any atom is 0.204 e. The van der Waals surface area contributed by atoms with Gasteiger partial charge in [0.25, 0.3) is 0 Å². The van der Waals surface area contributed by atoms with Crippen LogP contribution < -0.4 is 15.4 Å². The van der Waals surface area contributed by atoms with E-state index in [2.05, 4.69) is 25.6 Å². The van der Waals surface area contributed by atoms with E-state index in [1.165, 1.54) is 11.2 Å². The smallest absolute Gasteiger partial charge is 0.204 e. The summed E-state index contributed by atoms with van der Waals surface area (Å²) in [5, 5.41) is 6.20. The first-order valence-electron chi connectivity index (χ1n) is 5.45. The van der Waals surface area contributed by atoms with Gasteiger partial charge in [-0.1, -0.05) is 0 Å². The van der Waals surface area contributed by atoms with Crippen molar-refractivity contribution in [1.29, 1.82) is 0 Å². The molecule has 0 bridgehead atoms. The van der Waals surface area contributed by atoms with Crippen LogP contribution in [0.5, 0.6) is 5.75 Å². The Morgan fingerprint density at radius 3 is 2.67 bits per heavy atom. The van der Waals surface area contributed by atoms with Crippen LogP contribution in [-0.4, -0.2) is 29.1 Å². The van der Waals surface area contributed by atoms with Gasteiger partial charge < -0.3 is 15.4 Å². The van der Waals surface area contributed by atoms with Gasteiger partial charge in [-0.05, 0) is 6.92 Å². The molecule has 0 saturated carbocycles. The number of rotatable bonds is 5. The average Bonchev–Trinajstić information content (AvgIpc) is 2.81. The van der Waals surface area contributed by atoms with E-state index >= 15 is 0 Å². The Morgan fingerprint density at radius 1 is 1.28 bits per heavy atom. The van der Waals surface area contributed by atoms with Crippen LogP contribution in [0.2, 0.25) is 0 Å². The molecule has 2 rings (SSSR count). The predicted molar refractivity (Wildman–Crippen MR) is 72.3 cm³/mol. The minimum atomic E-state index is 0.613. The molecule has 0 amide bonds. The molecule has 0 aliphatic rings. The number of anilines is 2. The maximum atomic E-state index is 5.31. The fourth-order valence-corrected chi connectivity index (χ4v) is 2.25. The first-order valence-corrected chi connectivity index (χ1v) is 6.33. The molecular formula is C11H15N5OS. The number of nitrogens with one attached hydrogen (secondary N) is 2. The molecule has 7 heteroatoms. The maximum absolute atomic E-state index is 5.31. The van der Waals surface area contributed by atoms with Crippen LogP contribution in [-0.2, 0) is 6.54 Å². The highest BCUT2D eigenvalue weighted by Gasteiger charge is 2.11. The van der Waals surface area contributed by atoms with Gasteiger partial charge in [0.2, 0.25) is 5.75 Å². The SMILES string of the molecule is CNc1ncnc(NCc2scnc2C)c1OC. The lowest BCUT2D eigenvalue weighted by molar-refractivity contribution is 0.415. The van der Waals surface area contributed by atoms with Crippen molar-refractivity contribution >= 4 is 23.0 Å². The molecule has 96 valence electrons. The molecule has 0 aliphatic carbocycles. The molecule has 6 nitrogen and oxygen atoms in total. The van der Waals surface area contributed by atoms with Gasteiger partial charge in [-0.15, -0.1) is 11.3 Å². The second-order valence-corrected chi connectivity index (χ2v) is 4.51. The summed E-state index contributed by atoms with van der Waals surface area (Å²) in [6.45, 7) is 2.66. The molecule has 0 saturated heterocycles. The summed E-state index contributed by atoms with van der Waals surface area (Å²) < 4.78 is 5.31. The van der Waals surface area contributed by atoms with E-state index in [9.17, 15) is 0 Å². The number of thiazole rings is 1. The highest BCUT2D eigenvalue weighted by atomic mass is 32.1. The molecule has 0 fully saturated rings. The highest BCUT2D eigenvalue weighted by Crippen LogP contribution is 2.29. The van der Waals surface area contributed by atoms with Crippen molar-refractivity contribution in [2.24, 2.45) is 0 Å². The Hall–Kier alpha value is -1.89. The van der Waals surface area contributed by atoms with E-state index < -0.39 is 0 Å². The Morgan fingerprint density at radius 2 is 2.06 bits per heavy atom. The minimum Gasteiger partial charge on any atom is -0.490 e. The molecule has 2 aromatic rings. The molecular weight excluding hydrogens is 250 g/mol. The fraction of sp³-hybridized carbons (Fsp3) is 0.364. The van der Waals surface area contributed by atoms with E-state index in [0.717, 1.165) is 5.69 Å². The third-order valence-electron chi connectivity index (χ3n) is 2.51. The van der Waals surface area contributed by atoms with Gasteiger partial charge in [-0.3, -0.25) is 0 Å². The Kier molecular flexibility index (Phi) is 3.93. The Labute approximate surface area is 109 Å².